The minimum atomic E-state index is -0.402. The molecule has 1 atom stereocenters. The van der Waals surface area contributed by atoms with E-state index in [0.717, 1.165) is 15.8 Å². The molecule has 1 unspecified atom stereocenters. The van der Waals surface area contributed by atoms with Gasteiger partial charge in [-0.15, -0.1) is 0 Å². The molecule has 75 valence electrons. The summed E-state index contributed by atoms with van der Waals surface area (Å²) in [5.41, 5.74) is 6.31. The van der Waals surface area contributed by atoms with E-state index in [-0.39, 0.29) is 5.91 Å². The van der Waals surface area contributed by atoms with Crippen molar-refractivity contribution in [3.05, 3.63) is 24.3 Å². The molecule has 1 amide bonds. The highest BCUT2D eigenvalue weighted by Gasteiger charge is 2.35. The van der Waals surface area contributed by atoms with E-state index in [1.807, 2.05) is 23.1 Å². The van der Waals surface area contributed by atoms with E-state index in [9.17, 15) is 4.79 Å². The van der Waals surface area contributed by atoms with Gasteiger partial charge in [-0.25, -0.2) is 4.99 Å². The molecule has 0 aromatic heterocycles. The van der Waals surface area contributed by atoms with Gasteiger partial charge in [0.05, 0.1) is 12.2 Å². The molecule has 3 rings (SSSR count). The van der Waals surface area contributed by atoms with Crippen molar-refractivity contribution in [2.75, 3.05) is 11.4 Å². The van der Waals surface area contributed by atoms with E-state index in [4.69, 9.17) is 5.73 Å². The number of amidine groups is 1. The number of primary amides is 1. The van der Waals surface area contributed by atoms with Crippen LogP contribution in [0.5, 0.6) is 0 Å². The number of hydrogen-bond donors (Lipinski definition) is 1. The molecular formula is C10H8N3OS. The quantitative estimate of drug-likeness (QED) is 0.751. The van der Waals surface area contributed by atoms with Gasteiger partial charge in [0.25, 0.3) is 0 Å². The van der Waals surface area contributed by atoms with E-state index in [1.165, 1.54) is 0 Å². The highest BCUT2D eigenvalue weighted by atomic mass is 32.2. The van der Waals surface area contributed by atoms with Gasteiger partial charge in [0.2, 0.25) is 5.91 Å². The van der Waals surface area contributed by atoms with Gasteiger partial charge < -0.3 is 10.6 Å². The third-order valence-electron chi connectivity index (χ3n) is 2.48. The van der Waals surface area contributed by atoms with Crippen LogP contribution in [0.1, 0.15) is 0 Å². The van der Waals surface area contributed by atoms with Crippen LogP contribution in [-0.2, 0) is 4.79 Å². The lowest BCUT2D eigenvalue weighted by Gasteiger charge is -2.12. The third kappa shape index (κ3) is 1.23. The Hall–Kier alpha value is -1.49. The second-order valence-corrected chi connectivity index (χ2v) is 4.45. The van der Waals surface area contributed by atoms with E-state index < -0.39 is 6.04 Å². The minimum absolute atomic E-state index is 0.362. The Balaban J connectivity index is 1.98. The number of anilines is 1. The molecule has 1 radical (unpaired) electrons. The Bertz CT molecular complexity index is 471. The maximum absolute atomic E-state index is 11.0. The summed E-state index contributed by atoms with van der Waals surface area (Å²) < 4.78 is 0. The van der Waals surface area contributed by atoms with Crippen LogP contribution in [0.4, 0.5) is 5.69 Å². The van der Waals surface area contributed by atoms with Crippen molar-refractivity contribution in [1.82, 2.24) is 0 Å². The molecule has 2 aliphatic heterocycles. The maximum Gasteiger partial charge on any atom is 0.244 e. The summed E-state index contributed by atoms with van der Waals surface area (Å²) in [6.45, 7) is 0.558. The van der Waals surface area contributed by atoms with Gasteiger partial charge in [0, 0.05) is 4.90 Å². The zero-order valence-electron chi connectivity index (χ0n) is 7.80. The largest absolute Gasteiger partial charge is 0.368 e. The van der Waals surface area contributed by atoms with Crippen LogP contribution in [-0.4, -0.2) is 23.7 Å². The fourth-order valence-electron chi connectivity index (χ4n) is 1.73. The second-order valence-electron chi connectivity index (χ2n) is 3.44. The first-order valence-corrected chi connectivity index (χ1v) is 5.40. The van der Waals surface area contributed by atoms with Crippen LogP contribution in [0.3, 0.4) is 0 Å². The molecule has 2 heterocycles. The van der Waals surface area contributed by atoms with Crippen molar-refractivity contribution in [1.29, 1.82) is 0 Å². The molecule has 0 fully saturated rings. The number of thioether (sulfide) groups is 1. The number of benzene rings is 1. The van der Waals surface area contributed by atoms with Crippen LogP contribution < -0.4 is 10.6 Å². The molecule has 15 heavy (non-hydrogen) atoms. The fourth-order valence-corrected chi connectivity index (χ4v) is 2.80. The first-order valence-electron chi connectivity index (χ1n) is 4.58. The second kappa shape index (κ2) is 3.00. The molecule has 0 saturated heterocycles. The van der Waals surface area contributed by atoms with Gasteiger partial charge in [-0.3, -0.25) is 4.79 Å². The number of rotatable bonds is 1. The SMILES string of the molecule is NC(=O)C1CN2C(=N1)Sc1cc[c]cc12. The fraction of sp³-hybridized carbons (Fsp3) is 0.200. The van der Waals surface area contributed by atoms with Crippen molar-refractivity contribution >= 4 is 28.5 Å². The molecule has 5 heteroatoms. The Morgan fingerprint density at radius 3 is 3.40 bits per heavy atom. The summed E-state index contributed by atoms with van der Waals surface area (Å²) in [6, 6.07) is 8.41. The van der Waals surface area contributed by atoms with Gasteiger partial charge in [-0.2, -0.15) is 0 Å². The van der Waals surface area contributed by atoms with Gasteiger partial charge in [-0.05, 0) is 30.0 Å². The van der Waals surface area contributed by atoms with Crippen LogP contribution in [0.25, 0.3) is 0 Å². The summed E-state index contributed by atoms with van der Waals surface area (Å²) in [6.07, 6.45) is 0. The summed E-state index contributed by atoms with van der Waals surface area (Å²) in [7, 11) is 0. The predicted molar refractivity (Wildman–Crippen MR) is 58.9 cm³/mol. The molecule has 0 aliphatic carbocycles. The molecule has 2 aliphatic rings. The van der Waals surface area contributed by atoms with Crippen LogP contribution >= 0.6 is 11.8 Å². The lowest BCUT2D eigenvalue weighted by molar-refractivity contribution is -0.118. The topological polar surface area (TPSA) is 58.7 Å². The van der Waals surface area contributed by atoms with Crippen molar-refractivity contribution in [2.24, 2.45) is 10.7 Å². The number of aliphatic imine (C=N–C) groups is 1. The van der Waals surface area contributed by atoms with E-state index in [2.05, 4.69) is 11.1 Å². The zero-order valence-corrected chi connectivity index (χ0v) is 8.62. The van der Waals surface area contributed by atoms with Crippen molar-refractivity contribution < 1.29 is 4.79 Å². The number of fused-ring (bicyclic) bond motifs is 3. The number of nitrogens with zero attached hydrogens (tertiary/aromatic N) is 2. The molecule has 2 N–H and O–H groups in total. The molecule has 0 saturated carbocycles. The predicted octanol–water partition coefficient (Wildman–Crippen LogP) is 0.622. The minimum Gasteiger partial charge on any atom is -0.368 e. The average Bonchev–Trinajstić information content (AvgIpc) is 2.73. The van der Waals surface area contributed by atoms with E-state index >= 15 is 0 Å². The normalized spacial score (nSPS) is 22.3. The van der Waals surface area contributed by atoms with Crippen molar-refractivity contribution in [3.8, 4) is 0 Å². The Labute approximate surface area is 91.2 Å². The number of hydrogen-bond acceptors (Lipinski definition) is 4. The van der Waals surface area contributed by atoms with Gasteiger partial charge >= 0.3 is 0 Å². The summed E-state index contributed by atoms with van der Waals surface area (Å²) in [5.74, 6) is -0.362. The highest BCUT2D eigenvalue weighted by Crippen LogP contribution is 2.42. The molecular weight excluding hydrogens is 210 g/mol. The van der Waals surface area contributed by atoms with Crippen LogP contribution in [0, 0.1) is 6.07 Å². The number of amides is 1. The number of carbonyl (C=O) groups is 1. The van der Waals surface area contributed by atoms with Crippen LogP contribution in [0.2, 0.25) is 0 Å². The molecule has 0 bridgehead atoms. The Kier molecular flexibility index (Phi) is 1.76. The summed E-state index contributed by atoms with van der Waals surface area (Å²) >= 11 is 1.58. The first kappa shape index (κ1) is 8.79. The van der Waals surface area contributed by atoms with Gasteiger partial charge in [0.15, 0.2) is 5.17 Å². The lowest BCUT2D eigenvalue weighted by Crippen LogP contribution is -2.33. The summed E-state index contributed by atoms with van der Waals surface area (Å²) in [5, 5.41) is 0.869. The highest BCUT2D eigenvalue weighted by molar-refractivity contribution is 8.14. The summed E-state index contributed by atoms with van der Waals surface area (Å²) in [4.78, 5) is 18.5. The first-order chi connectivity index (χ1) is 7.25. The average molecular weight is 218 g/mol. The Morgan fingerprint density at radius 2 is 2.60 bits per heavy atom. The molecule has 0 spiro atoms. The molecule has 1 aromatic rings. The zero-order chi connectivity index (χ0) is 10.4. The monoisotopic (exact) mass is 218 g/mol. The van der Waals surface area contributed by atoms with Crippen molar-refractivity contribution in [3.63, 3.8) is 0 Å². The number of carbonyl (C=O) groups excluding carboxylic acids is 1. The Morgan fingerprint density at radius 1 is 1.73 bits per heavy atom. The molecule has 1 aromatic carbocycles. The van der Waals surface area contributed by atoms with Crippen LogP contribution in [0.15, 0.2) is 28.1 Å². The maximum atomic E-state index is 11.0. The molecule has 4 nitrogen and oxygen atoms in total. The van der Waals surface area contributed by atoms with Gasteiger partial charge in [0.1, 0.15) is 6.04 Å². The smallest absolute Gasteiger partial charge is 0.244 e. The number of nitrogens with two attached hydrogens (primary N) is 1. The van der Waals surface area contributed by atoms with E-state index in [1.54, 1.807) is 11.8 Å². The van der Waals surface area contributed by atoms with Gasteiger partial charge in [-0.1, -0.05) is 6.07 Å². The standard InChI is InChI=1S/C10H8N3OS/c11-9(14)6-5-13-7-3-1-2-4-8(7)15-10(13)12-6/h2-4,6H,5H2,(H2,11,14). The lowest BCUT2D eigenvalue weighted by atomic mass is 10.2. The van der Waals surface area contributed by atoms with E-state index in [0.29, 0.717) is 6.54 Å². The third-order valence-corrected chi connectivity index (χ3v) is 3.55. The van der Waals surface area contributed by atoms with Crippen molar-refractivity contribution in [2.45, 2.75) is 10.9 Å².